The van der Waals surface area contributed by atoms with Crippen molar-refractivity contribution in [3.05, 3.63) is 17.7 Å². The second-order valence-corrected chi connectivity index (χ2v) is 4.06. The Balaban J connectivity index is 0.00000112. The summed E-state index contributed by atoms with van der Waals surface area (Å²) in [5.41, 5.74) is 1.33. The van der Waals surface area contributed by atoms with Gasteiger partial charge < -0.3 is 14.8 Å². The fraction of sp³-hybridized carbons (Fsp3) is 0.700. The summed E-state index contributed by atoms with van der Waals surface area (Å²) >= 11 is 0. The summed E-state index contributed by atoms with van der Waals surface area (Å²) in [6.45, 7) is 4.15. The third-order valence-electron chi connectivity index (χ3n) is 2.54. The smallest absolute Gasteiger partial charge is 0.110 e. The van der Waals surface area contributed by atoms with Gasteiger partial charge in [0, 0.05) is 38.8 Å². The van der Waals surface area contributed by atoms with Crippen molar-refractivity contribution in [3.63, 3.8) is 0 Å². The monoisotopic (exact) mass is 230 g/mol. The van der Waals surface area contributed by atoms with Gasteiger partial charge in [0.15, 0.2) is 0 Å². The van der Waals surface area contributed by atoms with Crippen molar-refractivity contribution in [2.45, 2.75) is 19.5 Å². The maximum atomic E-state index is 4.47. The van der Waals surface area contributed by atoms with E-state index in [1.54, 1.807) is 0 Å². The zero-order valence-corrected chi connectivity index (χ0v) is 10.2. The highest BCUT2D eigenvalue weighted by Gasteiger charge is 2.12. The van der Waals surface area contributed by atoms with Gasteiger partial charge in [-0.3, -0.25) is 0 Å². The molecule has 0 bridgehead atoms. The topological polar surface area (TPSA) is 33.1 Å². The van der Waals surface area contributed by atoms with E-state index in [-0.39, 0.29) is 12.4 Å². The van der Waals surface area contributed by atoms with Crippen LogP contribution in [0.25, 0.3) is 0 Å². The van der Waals surface area contributed by atoms with E-state index < -0.39 is 0 Å². The molecule has 4 nitrogen and oxygen atoms in total. The van der Waals surface area contributed by atoms with E-state index in [1.165, 1.54) is 11.5 Å². The molecule has 0 aromatic carbocycles. The van der Waals surface area contributed by atoms with Gasteiger partial charge in [-0.1, -0.05) is 0 Å². The third kappa shape index (κ3) is 2.93. The van der Waals surface area contributed by atoms with Crippen molar-refractivity contribution in [2.75, 3.05) is 27.2 Å². The van der Waals surface area contributed by atoms with Gasteiger partial charge in [0.2, 0.25) is 0 Å². The third-order valence-corrected chi connectivity index (χ3v) is 2.54. The lowest BCUT2D eigenvalue weighted by Crippen LogP contribution is -2.19. The molecule has 1 aliphatic heterocycles. The van der Waals surface area contributed by atoms with Crippen LogP contribution < -0.4 is 5.32 Å². The molecule has 86 valence electrons. The lowest BCUT2D eigenvalue weighted by molar-refractivity contribution is 0.386. The molecule has 0 saturated carbocycles. The molecule has 0 radical (unpaired) electrons. The molecule has 0 aliphatic carbocycles. The van der Waals surface area contributed by atoms with Crippen molar-refractivity contribution in [1.29, 1.82) is 0 Å². The Morgan fingerprint density at radius 1 is 1.47 bits per heavy atom. The summed E-state index contributed by atoms with van der Waals surface area (Å²) in [6.07, 6.45) is 3.06. The van der Waals surface area contributed by atoms with E-state index in [9.17, 15) is 0 Å². The Kier molecular flexibility index (Phi) is 4.57. The van der Waals surface area contributed by atoms with E-state index in [0.29, 0.717) is 0 Å². The van der Waals surface area contributed by atoms with Crippen molar-refractivity contribution in [3.8, 4) is 0 Å². The highest BCUT2D eigenvalue weighted by molar-refractivity contribution is 5.85. The van der Waals surface area contributed by atoms with Gasteiger partial charge in [0.25, 0.3) is 0 Å². The highest BCUT2D eigenvalue weighted by Crippen LogP contribution is 2.09. The van der Waals surface area contributed by atoms with Crippen LogP contribution in [0.15, 0.2) is 6.20 Å². The molecule has 1 aliphatic rings. The van der Waals surface area contributed by atoms with Gasteiger partial charge >= 0.3 is 0 Å². The largest absolute Gasteiger partial charge is 0.329 e. The summed E-state index contributed by atoms with van der Waals surface area (Å²) in [4.78, 5) is 6.65. The zero-order chi connectivity index (χ0) is 9.97. The minimum Gasteiger partial charge on any atom is -0.329 e. The summed E-state index contributed by atoms with van der Waals surface area (Å²) in [5, 5.41) is 3.39. The second-order valence-electron chi connectivity index (χ2n) is 4.06. The summed E-state index contributed by atoms with van der Waals surface area (Å²) in [5.74, 6) is 1.23. The molecule has 1 aromatic heterocycles. The molecule has 0 saturated heterocycles. The molecule has 2 rings (SSSR count). The SMILES string of the molecule is CN(C)Cc1cnc2n1CCNCC2.Cl. The van der Waals surface area contributed by atoms with Crippen molar-refractivity contribution >= 4 is 12.4 Å². The number of imidazole rings is 1. The number of halogens is 1. The molecule has 2 heterocycles. The first kappa shape index (κ1) is 12.5. The van der Waals surface area contributed by atoms with Crippen LogP contribution in [0, 0.1) is 0 Å². The number of rotatable bonds is 2. The van der Waals surface area contributed by atoms with E-state index >= 15 is 0 Å². The predicted molar refractivity (Wildman–Crippen MR) is 63.4 cm³/mol. The first-order chi connectivity index (χ1) is 6.77. The van der Waals surface area contributed by atoms with Crippen molar-refractivity contribution < 1.29 is 0 Å². The second kappa shape index (κ2) is 5.49. The molecule has 0 amide bonds. The lowest BCUT2D eigenvalue weighted by atomic mass is 10.4. The van der Waals surface area contributed by atoms with Crippen molar-refractivity contribution in [1.82, 2.24) is 19.8 Å². The number of fused-ring (bicyclic) bond motifs is 1. The lowest BCUT2D eigenvalue weighted by Gasteiger charge is -2.12. The minimum absolute atomic E-state index is 0. The number of nitrogens with zero attached hydrogens (tertiary/aromatic N) is 3. The minimum atomic E-state index is 0. The van der Waals surface area contributed by atoms with E-state index in [4.69, 9.17) is 0 Å². The van der Waals surface area contributed by atoms with Gasteiger partial charge in [0.05, 0.1) is 5.69 Å². The molecule has 1 N–H and O–H groups in total. The maximum Gasteiger partial charge on any atom is 0.110 e. The highest BCUT2D eigenvalue weighted by atomic mass is 35.5. The average Bonchev–Trinajstić information content (AvgIpc) is 2.37. The summed E-state index contributed by atoms with van der Waals surface area (Å²) in [7, 11) is 4.18. The Hall–Kier alpha value is -0.580. The quantitative estimate of drug-likeness (QED) is 0.804. The molecular formula is C10H19ClN4. The van der Waals surface area contributed by atoms with Gasteiger partial charge in [-0.15, -0.1) is 12.4 Å². The van der Waals surface area contributed by atoms with Crippen LogP contribution in [0.3, 0.4) is 0 Å². The van der Waals surface area contributed by atoms with Crippen LogP contribution in [-0.4, -0.2) is 41.6 Å². The van der Waals surface area contributed by atoms with Crippen LogP contribution in [0.1, 0.15) is 11.5 Å². The summed E-state index contributed by atoms with van der Waals surface area (Å²) in [6, 6.07) is 0. The van der Waals surface area contributed by atoms with Crippen LogP contribution in [0.2, 0.25) is 0 Å². The van der Waals surface area contributed by atoms with Gasteiger partial charge in [0.1, 0.15) is 5.82 Å². The molecule has 0 unspecified atom stereocenters. The number of aromatic nitrogens is 2. The van der Waals surface area contributed by atoms with Crippen LogP contribution in [0.5, 0.6) is 0 Å². The van der Waals surface area contributed by atoms with E-state index in [1.807, 2.05) is 6.20 Å². The van der Waals surface area contributed by atoms with Crippen LogP contribution >= 0.6 is 12.4 Å². The standard InChI is InChI=1S/C10H18N4.ClH/c1-13(2)8-9-7-12-10-3-4-11-5-6-14(9)10;/h7,11H,3-6,8H2,1-2H3;1H. The average molecular weight is 231 g/mol. The Labute approximate surface area is 97.1 Å². The maximum absolute atomic E-state index is 4.47. The number of hydrogen-bond acceptors (Lipinski definition) is 3. The summed E-state index contributed by atoms with van der Waals surface area (Å²) < 4.78 is 2.35. The van der Waals surface area contributed by atoms with Gasteiger partial charge in [-0.25, -0.2) is 4.98 Å². The molecule has 0 atom stereocenters. The zero-order valence-electron chi connectivity index (χ0n) is 9.36. The molecule has 1 aromatic rings. The Bertz CT molecular complexity index is 308. The normalized spacial score (nSPS) is 15.7. The first-order valence-electron chi connectivity index (χ1n) is 5.16. The molecule has 15 heavy (non-hydrogen) atoms. The fourth-order valence-electron chi connectivity index (χ4n) is 1.89. The van der Waals surface area contributed by atoms with Crippen LogP contribution in [0.4, 0.5) is 0 Å². The van der Waals surface area contributed by atoms with Crippen molar-refractivity contribution in [2.24, 2.45) is 0 Å². The van der Waals surface area contributed by atoms with E-state index in [0.717, 1.165) is 32.6 Å². The fourth-order valence-corrected chi connectivity index (χ4v) is 1.89. The molecule has 0 fully saturated rings. The first-order valence-corrected chi connectivity index (χ1v) is 5.16. The van der Waals surface area contributed by atoms with Gasteiger partial charge in [-0.2, -0.15) is 0 Å². The molecule has 0 spiro atoms. The number of nitrogens with one attached hydrogen (secondary N) is 1. The Morgan fingerprint density at radius 3 is 3.00 bits per heavy atom. The van der Waals surface area contributed by atoms with Crippen LogP contribution in [-0.2, 0) is 19.5 Å². The van der Waals surface area contributed by atoms with Gasteiger partial charge in [-0.05, 0) is 14.1 Å². The van der Waals surface area contributed by atoms with E-state index in [2.05, 4.69) is 33.9 Å². The Morgan fingerprint density at radius 2 is 2.27 bits per heavy atom. The number of hydrogen-bond donors (Lipinski definition) is 1. The molecule has 5 heteroatoms. The predicted octanol–water partition coefficient (Wildman–Crippen LogP) is 0.512. The molecular weight excluding hydrogens is 212 g/mol.